The van der Waals surface area contributed by atoms with E-state index in [1.54, 1.807) is 7.11 Å². The van der Waals surface area contributed by atoms with Gasteiger partial charge < -0.3 is 29.2 Å². The smallest absolute Gasteiger partial charge is 0.164 e. The maximum absolute atomic E-state index is 6.34. The van der Waals surface area contributed by atoms with E-state index in [-0.39, 0.29) is 24.4 Å². The number of benzene rings is 2. The van der Waals surface area contributed by atoms with Crippen LogP contribution in [0.4, 0.5) is 11.5 Å². The molecule has 2 saturated heterocycles. The minimum absolute atomic E-state index is 0.00712. The summed E-state index contributed by atoms with van der Waals surface area (Å²) in [5, 5.41) is 4.71. The number of rotatable bonds is 6. The van der Waals surface area contributed by atoms with Crippen LogP contribution in [0.15, 0.2) is 41.1 Å². The molecule has 0 spiro atoms. The second-order valence-corrected chi connectivity index (χ2v) is 9.54. The van der Waals surface area contributed by atoms with Gasteiger partial charge >= 0.3 is 0 Å². The average molecular weight is 536 g/mol. The summed E-state index contributed by atoms with van der Waals surface area (Å²) in [6.45, 7) is 1.08. The molecular formula is C23H24BrClN4O4. The first kappa shape index (κ1) is 22.6. The second kappa shape index (κ2) is 9.23. The van der Waals surface area contributed by atoms with Crippen molar-refractivity contribution in [1.29, 1.82) is 0 Å². The van der Waals surface area contributed by atoms with Gasteiger partial charge in [0.1, 0.15) is 24.4 Å². The van der Waals surface area contributed by atoms with E-state index in [1.165, 1.54) is 6.33 Å². The zero-order chi connectivity index (χ0) is 23.1. The lowest BCUT2D eigenvalue weighted by molar-refractivity contribution is 0.0271. The summed E-state index contributed by atoms with van der Waals surface area (Å²) in [7, 11) is 5.68. The molecule has 2 aromatic carbocycles. The predicted molar refractivity (Wildman–Crippen MR) is 130 cm³/mol. The normalized spacial score (nSPS) is 24.3. The SMILES string of the molecule is COc1cc2c(Nc3ccc(Br)c(Cl)c3)ncnc2cc1OC1CO[C@H]2[C@H](N(C)C)CO[C@@H]12. The fraction of sp³-hybridized carbons (Fsp3) is 0.391. The Bertz CT molecular complexity index is 1180. The molecule has 4 atom stereocenters. The van der Waals surface area contributed by atoms with E-state index in [0.717, 1.165) is 21.1 Å². The third-order valence-electron chi connectivity index (χ3n) is 6.03. The lowest BCUT2D eigenvalue weighted by atomic mass is 10.1. The Morgan fingerprint density at radius 2 is 1.91 bits per heavy atom. The summed E-state index contributed by atoms with van der Waals surface area (Å²) >= 11 is 9.64. The van der Waals surface area contributed by atoms with Crippen molar-refractivity contribution in [3.05, 3.63) is 46.2 Å². The molecule has 10 heteroatoms. The number of hydrogen-bond donors (Lipinski definition) is 1. The molecular weight excluding hydrogens is 512 g/mol. The van der Waals surface area contributed by atoms with Gasteiger partial charge in [-0.2, -0.15) is 0 Å². The molecule has 0 saturated carbocycles. The van der Waals surface area contributed by atoms with Gasteiger partial charge in [0.05, 0.1) is 36.9 Å². The summed E-state index contributed by atoms with van der Waals surface area (Å²) < 4.78 is 24.8. The Morgan fingerprint density at radius 3 is 2.67 bits per heavy atom. The quantitative estimate of drug-likeness (QED) is 0.501. The molecule has 1 aromatic heterocycles. The number of anilines is 2. The zero-order valence-corrected chi connectivity index (χ0v) is 20.8. The van der Waals surface area contributed by atoms with Crippen LogP contribution in [-0.2, 0) is 9.47 Å². The predicted octanol–water partition coefficient (Wildman–Crippen LogP) is 4.27. The van der Waals surface area contributed by atoms with E-state index < -0.39 is 0 Å². The molecule has 1 N–H and O–H groups in total. The van der Waals surface area contributed by atoms with Crippen molar-refractivity contribution in [2.75, 3.05) is 39.7 Å². The maximum atomic E-state index is 6.34. The van der Waals surface area contributed by atoms with Crippen molar-refractivity contribution in [1.82, 2.24) is 14.9 Å². The highest BCUT2D eigenvalue weighted by Gasteiger charge is 2.49. The van der Waals surface area contributed by atoms with Gasteiger partial charge in [-0.25, -0.2) is 9.97 Å². The van der Waals surface area contributed by atoms with E-state index in [2.05, 4.69) is 36.1 Å². The molecule has 0 amide bonds. The van der Waals surface area contributed by atoms with Crippen molar-refractivity contribution in [2.45, 2.75) is 24.4 Å². The number of aromatic nitrogens is 2. The fourth-order valence-corrected chi connectivity index (χ4v) is 4.70. The number of fused-ring (bicyclic) bond motifs is 2. The van der Waals surface area contributed by atoms with Gasteiger partial charge in [0.25, 0.3) is 0 Å². The van der Waals surface area contributed by atoms with Gasteiger partial charge in [-0.3, -0.25) is 0 Å². The van der Waals surface area contributed by atoms with Crippen LogP contribution in [-0.4, -0.2) is 73.6 Å². The van der Waals surface area contributed by atoms with Crippen LogP contribution in [0.5, 0.6) is 11.5 Å². The molecule has 0 radical (unpaired) electrons. The summed E-state index contributed by atoms with van der Waals surface area (Å²) in [4.78, 5) is 11.0. The molecule has 2 aliphatic rings. The Labute approximate surface area is 205 Å². The Kier molecular flexibility index (Phi) is 6.32. The summed E-state index contributed by atoms with van der Waals surface area (Å²) in [6.07, 6.45) is 1.16. The van der Waals surface area contributed by atoms with Crippen molar-refractivity contribution in [3.8, 4) is 11.5 Å². The topological polar surface area (TPSA) is 78.0 Å². The third kappa shape index (κ3) is 4.36. The number of hydrogen-bond acceptors (Lipinski definition) is 8. The van der Waals surface area contributed by atoms with Crippen molar-refractivity contribution in [2.24, 2.45) is 0 Å². The molecule has 3 aromatic rings. The third-order valence-corrected chi connectivity index (χ3v) is 7.26. The van der Waals surface area contributed by atoms with Crippen LogP contribution in [0.3, 0.4) is 0 Å². The zero-order valence-electron chi connectivity index (χ0n) is 18.4. The van der Waals surface area contributed by atoms with Gasteiger partial charge in [0, 0.05) is 21.6 Å². The first-order valence-electron chi connectivity index (χ1n) is 10.6. The van der Waals surface area contributed by atoms with Crippen LogP contribution in [0, 0.1) is 0 Å². The van der Waals surface area contributed by atoms with Gasteiger partial charge in [0.2, 0.25) is 0 Å². The first-order valence-corrected chi connectivity index (χ1v) is 11.7. The Morgan fingerprint density at radius 1 is 1.09 bits per heavy atom. The van der Waals surface area contributed by atoms with Crippen LogP contribution in [0.25, 0.3) is 10.9 Å². The van der Waals surface area contributed by atoms with Crippen molar-refractivity contribution in [3.63, 3.8) is 0 Å². The van der Waals surface area contributed by atoms with Crippen molar-refractivity contribution >= 4 is 49.9 Å². The molecule has 3 heterocycles. The standard InChI is InChI=1S/C23H24BrClN4O4/c1-29(2)17-9-31-22-20(10-32-21(17)22)33-19-8-16-13(7-18(19)30-3)23(27-11-26-16)28-12-4-5-14(24)15(25)6-12/h4-8,11,17,20-22H,9-10H2,1-3H3,(H,26,27,28)/t17-,20?,21+,22+/m1/s1. The van der Waals surface area contributed by atoms with Crippen LogP contribution < -0.4 is 14.8 Å². The average Bonchev–Trinajstić information content (AvgIpc) is 3.39. The molecule has 2 fully saturated rings. The van der Waals surface area contributed by atoms with E-state index in [1.807, 2.05) is 44.4 Å². The molecule has 174 valence electrons. The van der Waals surface area contributed by atoms with Gasteiger partial charge in [0.15, 0.2) is 17.6 Å². The molecule has 2 aliphatic heterocycles. The van der Waals surface area contributed by atoms with E-state index in [9.17, 15) is 0 Å². The minimum atomic E-state index is -0.226. The molecule has 8 nitrogen and oxygen atoms in total. The van der Waals surface area contributed by atoms with Crippen LogP contribution in [0.2, 0.25) is 5.02 Å². The lowest BCUT2D eigenvalue weighted by Crippen LogP contribution is -2.41. The number of nitrogens with one attached hydrogen (secondary N) is 1. The Hall–Kier alpha value is -2.17. The van der Waals surface area contributed by atoms with Crippen molar-refractivity contribution < 1.29 is 18.9 Å². The molecule has 5 rings (SSSR count). The number of ether oxygens (including phenoxy) is 4. The minimum Gasteiger partial charge on any atom is -0.493 e. The van der Waals surface area contributed by atoms with E-state index in [0.29, 0.717) is 35.6 Å². The number of halogens is 2. The highest BCUT2D eigenvalue weighted by atomic mass is 79.9. The highest BCUT2D eigenvalue weighted by Crippen LogP contribution is 2.38. The second-order valence-electron chi connectivity index (χ2n) is 8.28. The molecule has 0 aliphatic carbocycles. The number of methoxy groups -OCH3 is 1. The maximum Gasteiger partial charge on any atom is 0.164 e. The highest BCUT2D eigenvalue weighted by molar-refractivity contribution is 9.10. The Balaban J connectivity index is 1.42. The number of likely N-dealkylation sites (N-methyl/N-ethyl adjacent to an activating group) is 1. The summed E-state index contributed by atoms with van der Waals surface area (Å²) in [5.41, 5.74) is 1.53. The van der Waals surface area contributed by atoms with E-state index in [4.69, 9.17) is 30.5 Å². The number of nitrogens with zero attached hydrogens (tertiary/aromatic N) is 3. The summed E-state index contributed by atoms with van der Waals surface area (Å²) in [6, 6.07) is 9.57. The molecule has 1 unspecified atom stereocenters. The molecule has 33 heavy (non-hydrogen) atoms. The monoisotopic (exact) mass is 534 g/mol. The van der Waals surface area contributed by atoms with Gasteiger partial charge in [-0.05, 0) is 54.3 Å². The summed E-state index contributed by atoms with van der Waals surface area (Å²) in [5.74, 6) is 1.81. The lowest BCUT2D eigenvalue weighted by Gasteiger charge is -2.22. The first-order chi connectivity index (χ1) is 15.9. The fourth-order valence-electron chi connectivity index (χ4n) is 4.28. The van der Waals surface area contributed by atoms with Crippen LogP contribution in [0.1, 0.15) is 0 Å². The van der Waals surface area contributed by atoms with Gasteiger partial charge in [-0.1, -0.05) is 11.6 Å². The van der Waals surface area contributed by atoms with Gasteiger partial charge in [-0.15, -0.1) is 0 Å². The molecule has 0 bridgehead atoms. The van der Waals surface area contributed by atoms with Crippen LogP contribution >= 0.6 is 27.5 Å². The van der Waals surface area contributed by atoms with E-state index >= 15 is 0 Å². The largest absolute Gasteiger partial charge is 0.493 e.